The molecule has 0 saturated carbocycles. The summed E-state index contributed by atoms with van der Waals surface area (Å²) < 4.78 is 140. The summed E-state index contributed by atoms with van der Waals surface area (Å²) in [5.74, 6) is -7.38. The van der Waals surface area contributed by atoms with Crippen molar-refractivity contribution in [3.63, 3.8) is 0 Å². The molecule has 1 aromatic rings. The first-order chi connectivity index (χ1) is 11.1. The molecule has 1 heterocycles. The molecular weight excluding hydrogens is 390 g/mol. The van der Waals surface area contributed by atoms with E-state index in [9.17, 15) is 48.7 Å². The molecule has 15 heteroatoms. The van der Waals surface area contributed by atoms with Crippen molar-refractivity contribution in [1.29, 1.82) is 0 Å². The molecule has 0 spiro atoms. The molecule has 1 rings (SSSR count). The van der Waals surface area contributed by atoms with Gasteiger partial charge in [0.25, 0.3) is 6.10 Å². The average Bonchev–Trinajstić information content (AvgIpc) is 2.78. The Morgan fingerprint density at radius 1 is 0.960 bits per heavy atom. The molecule has 0 aliphatic heterocycles. The Balaban J connectivity index is 2.95. The fraction of sp³-hybridized carbons (Fsp3) is 0.700. The molecule has 0 aliphatic carbocycles. The van der Waals surface area contributed by atoms with E-state index in [1.807, 2.05) is 0 Å². The third kappa shape index (κ3) is 5.62. The summed E-state index contributed by atoms with van der Waals surface area (Å²) in [5.41, 5.74) is 0. The monoisotopic (exact) mass is 396 g/mol. The second kappa shape index (κ2) is 6.86. The minimum absolute atomic E-state index is 0.519. The normalized spacial score (nSPS) is 16.3. The van der Waals surface area contributed by atoms with Crippen LogP contribution in [0.4, 0.5) is 43.9 Å². The van der Waals surface area contributed by atoms with Crippen molar-refractivity contribution in [3.8, 4) is 0 Å². The van der Waals surface area contributed by atoms with Crippen molar-refractivity contribution in [2.75, 3.05) is 6.61 Å². The third-order valence-electron chi connectivity index (χ3n) is 2.36. The van der Waals surface area contributed by atoms with Gasteiger partial charge in [0.1, 0.15) is 19.5 Å². The summed E-state index contributed by atoms with van der Waals surface area (Å²) in [6.07, 6.45) is -23.6. The molecule has 0 N–H and O–H groups in total. The largest absolute Gasteiger partial charge is 0.518 e. The van der Waals surface area contributed by atoms with Crippen molar-refractivity contribution in [1.82, 2.24) is 0 Å². The van der Waals surface area contributed by atoms with Gasteiger partial charge in [-0.2, -0.15) is 43.9 Å². The number of alkyl halides is 10. The van der Waals surface area contributed by atoms with E-state index in [-0.39, 0.29) is 0 Å². The maximum absolute atomic E-state index is 13.7. The number of hydrogen-bond acceptors (Lipinski definition) is 5. The maximum atomic E-state index is 13.7. The van der Waals surface area contributed by atoms with E-state index >= 15 is 0 Å². The van der Waals surface area contributed by atoms with Crippen LogP contribution in [0.3, 0.4) is 0 Å². The molecule has 25 heavy (non-hydrogen) atoms. The zero-order valence-corrected chi connectivity index (χ0v) is 11.4. The lowest BCUT2D eigenvalue weighted by Gasteiger charge is -2.33. The topological polar surface area (TPSA) is 61.8 Å². The van der Waals surface area contributed by atoms with E-state index in [0.717, 1.165) is 0 Å². The van der Waals surface area contributed by atoms with Crippen molar-refractivity contribution < 1.29 is 62.2 Å². The molecule has 146 valence electrons. The summed E-state index contributed by atoms with van der Waals surface area (Å²) in [4.78, 5) is 10.5. The van der Waals surface area contributed by atoms with E-state index in [1.165, 1.54) is 0 Å². The molecule has 0 bridgehead atoms. The van der Waals surface area contributed by atoms with Gasteiger partial charge in [-0.3, -0.25) is 0 Å². The fourth-order valence-electron chi connectivity index (χ4n) is 1.30. The summed E-state index contributed by atoms with van der Waals surface area (Å²) >= 11 is 0. The molecule has 1 aromatic heterocycles. The van der Waals surface area contributed by atoms with Gasteiger partial charge < -0.3 is 18.3 Å². The predicted octanol–water partition coefficient (Wildman–Crippen LogP) is 3.49. The SMILES string of the molecule is O=c1occ(COCC(F)(OC(C(F)(F)F)C(F)(F)F)C(F)(F)F)o1. The van der Waals surface area contributed by atoms with E-state index < -0.39 is 55.3 Å². The quantitative estimate of drug-likeness (QED) is 0.690. The Labute approximate surface area is 130 Å². The molecule has 5 nitrogen and oxygen atoms in total. The van der Waals surface area contributed by atoms with E-state index in [2.05, 4.69) is 18.3 Å². The molecule has 0 aromatic carbocycles. The lowest BCUT2D eigenvalue weighted by molar-refractivity contribution is -0.418. The Morgan fingerprint density at radius 3 is 1.84 bits per heavy atom. The molecule has 0 fully saturated rings. The molecular formula is C10H6F10O5. The lowest BCUT2D eigenvalue weighted by Crippen LogP contribution is -2.56. The van der Waals surface area contributed by atoms with Crippen LogP contribution in [0.2, 0.25) is 0 Å². The van der Waals surface area contributed by atoms with Crippen LogP contribution < -0.4 is 5.82 Å². The number of ether oxygens (including phenoxy) is 2. The highest BCUT2D eigenvalue weighted by Crippen LogP contribution is 2.43. The van der Waals surface area contributed by atoms with Gasteiger partial charge in [0.05, 0.1) is 0 Å². The molecule has 1 atom stereocenters. The van der Waals surface area contributed by atoms with Crippen LogP contribution in [0.1, 0.15) is 5.76 Å². The van der Waals surface area contributed by atoms with Gasteiger partial charge in [-0.25, -0.2) is 4.79 Å². The van der Waals surface area contributed by atoms with Crippen molar-refractivity contribution in [2.24, 2.45) is 0 Å². The number of hydrogen-bond donors (Lipinski definition) is 0. The second-order valence-corrected chi connectivity index (χ2v) is 4.35. The minimum Gasteiger partial charge on any atom is -0.399 e. The van der Waals surface area contributed by atoms with Crippen LogP contribution in [0.25, 0.3) is 0 Å². The van der Waals surface area contributed by atoms with Gasteiger partial charge in [-0.05, 0) is 0 Å². The zero-order chi connectivity index (χ0) is 19.7. The minimum atomic E-state index is -6.38. The van der Waals surface area contributed by atoms with E-state index in [4.69, 9.17) is 0 Å². The highest BCUT2D eigenvalue weighted by Gasteiger charge is 2.67. The first-order valence-electron chi connectivity index (χ1n) is 5.78. The molecule has 0 aliphatic rings. The standard InChI is InChI=1S/C10H6F10O5/c11-7(10(18,19)20,3-22-1-4-2-23-6(21)24-4)25-5(8(12,13)14)9(15,16)17/h2,5H,1,3H2. The van der Waals surface area contributed by atoms with Crippen LogP contribution in [-0.4, -0.2) is 37.1 Å². The fourth-order valence-corrected chi connectivity index (χ4v) is 1.30. The summed E-state index contributed by atoms with van der Waals surface area (Å²) in [7, 11) is 0. The van der Waals surface area contributed by atoms with Gasteiger partial charge >= 0.3 is 30.2 Å². The lowest BCUT2D eigenvalue weighted by atomic mass is 10.2. The van der Waals surface area contributed by atoms with Crippen LogP contribution in [0.5, 0.6) is 0 Å². The van der Waals surface area contributed by atoms with Crippen LogP contribution >= 0.6 is 0 Å². The molecule has 0 radical (unpaired) electrons. The second-order valence-electron chi connectivity index (χ2n) is 4.35. The first-order valence-corrected chi connectivity index (χ1v) is 5.78. The van der Waals surface area contributed by atoms with E-state index in [0.29, 0.717) is 6.26 Å². The van der Waals surface area contributed by atoms with Gasteiger partial charge in [0.15, 0.2) is 5.76 Å². The van der Waals surface area contributed by atoms with E-state index in [1.54, 1.807) is 0 Å². The average molecular weight is 396 g/mol. The first kappa shape index (κ1) is 21.3. The Morgan fingerprint density at radius 2 is 1.48 bits per heavy atom. The number of halogens is 10. The van der Waals surface area contributed by atoms with Gasteiger partial charge in [-0.15, -0.1) is 0 Å². The van der Waals surface area contributed by atoms with Gasteiger partial charge in [-0.1, -0.05) is 0 Å². The van der Waals surface area contributed by atoms with Crippen LogP contribution in [0, 0.1) is 0 Å². The predicted molar refractivity (Wildman–Crippen MR) is 53.8 cm³/mol. The van der Waals surface area contributed by atoms with Crippen LogP contribution in [0.15, 0.2) is 19.9 Å². The summed E-state index contributed by atoms with van der Waals surface area (Å²) in [6.45, 7) is -3.53. The van der Waals surface area contributed by atoms with Gasteiger partial charge in [0.2, 0.25) is 0 Å². The van der Waals surface area contributed by atoms with Gasteiger partial charge in [0, 0.05) is 0 Å². The molecule has 0 saturated heterocycles. The smallest absolute Gasteiger partial charge is 0.399 e. The molecule has 0 amide bonds. The molecule has 1 unspecified atom stereocenters. The van der Waals surface area contributed by atoms with Crippen molar-refractivity contribution >= 4 is 0 Å². The van der Waals surface area contributed by atoms with Crippen molar-refractivity contribution in [2.45, 2.75) is 37.1 Å². The third-order valence-corrected chi connectivity index (χ3v) is 2.36. The highest BCUT2D eigenvalue weighted by atomic mass is 19.4. The summed E-state index contributed by atoms with van der Waals surface area (Å²) in [5, 5.41) is 0. The highest BCUT2D eigenvalue weighted by molar-refractivity contribution is 4.86. The Hall–Kier alpha value is -1.77. The Kier molecular flexibility index (Phi) is 5.83. The Bertz CT molecular complexity index is 597. The summed E-state index contributed by atoms with van der Waals surface area (Å²) in [6, 6.07) is 0. The maximum Gasteiger partial charge on any atom is 0.518 e. The van der Waals surface area contributed by atoms with Crippen molar-refractivity contribution in [3.05, 3.63) is 22.6 Å². The number of rotatable bonds is 6. The zero-order valence-electron chi connectivity index (χ0n) is 11.4. The van der Waals surface area contributed by atoms with Crippen LogP contribution in [-0.2, 0) is 16.1 Å².